The highest BCUT2D eigenvalue weighted by molar-refractivity contribution is 8.00. The first-order valence-electron chi connectivity index (χ1n) is 8.14. The fraction of sp³-hybridized carbons (Fsp3) is 0.412. The highest BCUT2D eigenvalue weighted by Gasteiger charge is 2.50. The third-order valence-corrected chi connectivity index (χ3v) is 6.34. The Kier molecular flexibility index (Phi) is 3.79. The number of rotatable bonds is 2. The molecule has 2 saturated heterocycles. The number of carbonyl (C=O) groups excluding carboxylic acids is 3. The van der Waals surface area contributed by atoms with Crippen LogP contribution in [-0.4, -0.2) is 61.8 Å². The minimum atomic E-state index is -1.05. The van der Waals surface area contributed by atoms with Gasteiger partial charge in [-0.25, -0.2) is 4.79 Å². The lowest BCUT2D eigenvalue weighted by atomic mass is 10.1. The smallest absolute Gasteiger partial charge is 0.327 e. The summed E-state index contributed by atoms with van der Waals surface area (Å²) in [6.07, 6.45) is 1.69. The van der Waals surface area contributed by atoms with Crippen molar-refractivity contribution in [2.45, 2.75) is 36.7 Å². The number of amides is 3. The standard InChI is InChI=1S/C17H16N2O5S/c20-14-9-4-1-2-5-10(9)15(21)19(14)11-6-3-7-13-18(16(11)22)12(8-25-13)17(23)24/h1-2,4-5,11-13H,3,6-8H2,(H,23,24)/t11?,12-,13?/m0/s1. The molecule has 0 aliphatic carbocycles. The molecule has 1 N–H and O–H groups in total. The Morgan fingerprint density at radius 2 is 1.72 bits per heavy atom. The lowest BCUT2D eigenvalue weighted by Crippen LogP contribution is -2.54. The Hall–Kier alpha value is -2.35. The average Bonchev–Trinajstić information content (AvgIpc) is 3.08. The van der Waals surface area contributed by atoms with Crippen molar-refractivity contribution in [1.29, 1.82) is 0 Å². The third-order valence-electron chi connectivity index (χ3n) is 4.98. The zero-order valence-corrected chi connectivity index (χ0v) is 14.1. The van der Waals surface area contributed by atoms with E-state index in [0.29, 0.717) is 36.1 Å². The summed E-state index contributed by atoms with van der Waals surface area (Å²) in [5.41, 5.74) is 0.596. The molecule has 3 aliphatic rings. The van der Waals surface area contributed by atoms with Gasteiger partial charge in [0.05, 0.1) is 16.5 Å². The van der Waals surface area contributed by atoms with Crippen LogP contribution in [0.4, 0.5) is 0 Å². The summed E-state index contributed by atoms with van der Waals surface area (Å²) < 4.78 is 0. The highest BCUT2D eigenvalue weighted by atomic mass is 32.2. The fourth-order valence-electron chi connectivity index (χ4n) is 3.78. The molecule has 0 bridgehead atoms. The van der Waals surface area contributed by atoms with Crippen LogP contribution in [0.5, 0.6) is 0 Å². The van der Waals surface area contributed by atoms with Gasteiger partial charge in [-0.2, -0.15) is 0 Å². The molecule has 25 heavy (non-hydrogen) atoms. The SMILES string of the molecule is O=C(O)[C@@H]1CSC2CCCC(N3C(=O)c4ccccc4C3=O)C(=O)N21. The predicted molar refractivity (Wildman–Crippen MR) is 89.1 cm³/mol. The number of carboxylic acid groups (broad SMARTS) is 1. The maximum atomic E-state index is 13.1. The van der Waals surface area contributed by atoms with Gasteiger partial charge in [-0.15, -0.1) is 11.8 Å². The second-order valence-corrected chi connectivity index (χ2v) is 7.57. The van der Waals surface area contributed by atoms with E-state index in [1.165, 1.54) is 16.7 Å². The van der Waals surface area contributed by atoms with Crippen molar-refractivity contribution >= 4 is 35.5 Å². The largest absolute Gasteiger partial charge is 0.480 e. The van der Waals surface area contributed by atoms with Crippen molar-refractivity contribution in [3.05, 3.63) is 35.4 Å². The van der Waals surface area contributed by atoms with Crippen LogP contribution < -0.4 is 0 Å². The van der Waals surface area contributed by atoms with Crippen molar-refractivity contribution in [3.8, 4) is 0 Å². The number of carboxylic acids is 1. The molecule has 2 fully saturated rings. The number of hydrogen-bond acceptors (Lipinski definition) is 5. The molecule has 3 aliphatic heterocycles. The Bertz CT molecular complexity index is 760. The number of hydrogen-bond donors (Lipinski definition) is 1. The number of imide groups is 1. The van der Waals surface area contributed by atoms with Crippen LogP contribution in [0, 0.1) is 0 Å². The molecule has 0 saturated carbocycles. The highest BCUT2D eigenvalue weighted by Crippen LogP contribution is 2.38. The van der Waals surface area contributed by atoms with E-state index in [1.54, 1.807) is 24.3 Å². The van der Waals surface area contributed by atoms with Crippen LogP contribution in [-0.2, 0) is 9.59 Å². The predicted octanol–water partition coefficient (Wildman–Crippen LogP) is 1.19. The second kappa shape index (κ2) is 5.87. The quantitative estimate of drug-likeness (QED) is 0.796. The molecule has 0 aromatic heterocycles. The van der Waals surface area contributed by atoms with E-state index < -0.39 is 35.8 Å². The number of benzene rings is 1. The van der Waals surface area contributed by atoms with Crippen LogP contribution >= 0.6 is 11.8 Å². The van der Waals surface area contributed by atoms with E-state index in [0.717, 1.165) is 4.90 Å². The van der Waals surface area contributed by atoms with Gasteiger partial charge in [0.2, 0.25) is 5.91 Å². The van der Waals surface area contributed by atoms with Crippen LogP contribution in [0.2, 0.25) is 0 Å². The zero-order valence-electron chi connectivity index (χ0n) is 13.3. The summed E-state index contributed by atoms with van der Waals surface area (Å²) in [5, 5.41) is 9.20. The fourth-order valence-corrected chi connectivity index (χ4v) is 5.24. The van der Waals surface area contributed by atoms with Gasteiger partial charge in [-0.1, -0.05) is 12.1 Å². The van der Waals surface area contributed by atoms with Gasteiger partial charge in [0, 0.05) is 5.75 Å². The number of carbonyl (C=O) groups is 4. The average molecular weight is 360 g/mol. The number of nitrogens with zero attached hydrogens (tertiary/aromatic N) is 2. The topological polar surface area (TPSA) is 95.0 Å². The third kappa shape index (κ3) is 2.35. The van der Waals surface area contributed by atoms with Crippen molar-refractivity contribution in [2.24, 2.45) is 0 Å². The van der Waals surface area contributed by atoms with Gasteiger partial charge in [0.15, 0.2) is 0 Å². The normalized spacial score (nSPS) is 28.8. The summed E-state index contributed by atoms with van der Waals surface area (Å²) in [6.45, 7) is 0. The molecule has 3 amide bonds. The van der Waals surface area contributed by atoms with Crippen molar-refractivity contribution in [1.82, 2.24) is 9.80 Å². The van der Waals surface area contributed by atoms with E-state index in [-0.39, 0.29) is 5.37 Å². The lowest BCUT2D eigenvalue weighted by Gasteiger charge is -2.31. The summed E-state index contributed by atoms with van der Waals surface area (Å²) in [6, 6.07) is 4.67. The first-order chi connectivity index (χ1) is 12.0. The van der Waals surface area contributed by atoms with E-state index in [1.807, 2.05) is 0 Å². The van der Waals surface area contributed by atoms with Gasteiger partial charge in [0.25, 0.3) is 11.8 Å². The Morgan fingerprint density at radius 1 is 1.08 bits per heavy atom. The molecular weight excluding hydrogens is 344 g/mol. The molecule has 1 aromatic carbocycles. The molecule has 8 heteroatoms. The lowest BCUT2D eigenvalue weighted by molar-refractivity contribution is -0.150. The zero-order chi connectivity index (χ0) is 17.7. The van der Waals surface area contributed by atoms with Gasteiger partial charge in [-0.3, -0.25) is 19.3 Å². The maximum Gasteiger partial charge on any atom is 0.327 e. The van der Waals surface area contributed by atoms with Crippen LogP contribution in [0.25, 0.3) is 0 Å². The van der Waals surface area contributed by atoms with Crippen molar-refractivity contribution < 1.29 is 24.3 Å². The molecule has 0 spiro atoms. The van der Waals surface area contributed by atoms with E-state index in [4.69, 9.17) is 0 Å². The van der Waals surface area contributed by atoms with Gasteiger partial charge >= 0.3 is 5.97 Å². The molecule has 3 atom stereocenters. The molecule has 0 radical (unpaired) electrons. The maximum absolute atomic E-state index is 13.1. The van der Waals surface area contributed by atoms with Gasteiger partial charge < -0.3 is 10.0 Å². The summed E-state index contributed by atoms with van der Waals surface area (Å²) in [4.78, 5) is 52.3. The minimum absolute atomic E-state index is 0.200. The van der Waals surface area contributed by atoms with E-state index in [2.05, 4.69) is 0 Å². The Balaban J connectivity index is 1.69. The molecular formula is C17H16N2O5S. The number of fused-ring (bicyclic) bond motifs is 2. The van der Waals surface area contributed by atoms with Crippen molar-refractivity contribution in [3.63, 3.8) is 0 Å². The van der Waals surface area contributed by atoms with Crippen LogP contribution in [0.1, 0.15) is 40.0 Å². The van der Waals surface area contributed by atoms with Crippen molar-refractivity contribution in [2.75, 3.05) is 5.75 Å². The molecule has 2 unspecified atom stereocenters. The minimum Gasteiger partial charge on any atom is -0.480 e. The summed E-state index contributed by atoms with van der Waals surface area (Å²) in [5.74, 6) is -2.10. The number of aliphatic carboxylic acids is 1. The van der Waals surface area contributed by atoms with Gasteiger partial charge in [-0.05, 0) is 31.4 Å². The molecule has 4 rings (SSSR count). The first kappa shape index (κ1) is 16.1. The second-order valence-electron chi connectivity index (χ2n) is 6.36. The molecule has 3 heterocycles. The number of thioether (sulfide) groups is 1. The molecule has 1 aromatic rings. The Labute approximate surface area is 148 Å². The molecule has 130 valence electrons. The summed E-state index contributed by atoms with van der Waals surface area (Å²) in [7, 11) is 0. The molecule has 7 nitrogen and oxygen atoms in total. The van der Waals surface area contributed by atoms with E-state index in [9.17, 15) is 24.3 Å². The summed E-state index contributed by atoms with van der Waals surface area (Å²) >= 11 is 1.45. The first-order valence-corrected chi connectivity index (χ1v) is 9.19. The van der Waals surface area contributed by atoms with Crippen LogP contribution in [0.3, 0.4) is 0 Å². The Morgan fingerprint density at radius 3 is 2.32 bits per heavy atom. The monoisotopic (exact) mass is 360 g/mol. The van der Waals surface area contributed by atoms with Crippen LogP contribution in [0.15, 0.2) is 24.3 Å². The van der Waals surface area contributed by atoms with Gasteiger partial charge in [0.1, 0.15) is 12.1 Å². The van der Waals surface area contributed by atoms with E-state index >= 15 is 0 Å².